The minimum atomic E-state index is 0.0925. The lowest BCUT2D eigenvalue weighted by atomic mass is 10.1. The fraction of sp³-hybridized carbons (Fsp3) is 0.917. The lowest BCUT2D eigenvalue weighted by Gasteiger charge is -2.19. The number of hydrogen-bond donors (Lipinski definition) is 2. The Balaban J connectivity index is 1.73. The van der Waals surface area contributed by atoms with Crippen LogP contribution in [0.3, 0.4) is 0 Å². The average Bonchev–Trinajstić information content (AvgIpc) is 2.97. The SMILES string of the molecule is CC(C)NCC(=O)NC1CCOC1C1CC1. The minimum absolute atomic E-state index is 0.0925. The smallest absolute Gasteiger partial charge is 0.234 e. The van der Waals surface area contributed by atoms with Crippen molar-refractivity contribution in [1.82, 2.24) is 10.6 Å². The van der Waals surface area contributed by atoms with E-state index in [9.17, 15) is 4.79 Å². The summed E-state index contributed by atoms with van der Waals surface area (Å²) in [6.07, 6.45) is 3.78. The molecular weight excluding hydrogens is 204 g/mol. The molecule has 1 heterocycles. The molecule has 2 rings (SSSR count). The van der Waals surface area contributed by atoms with E-state index in [1.807, 2.05) is 13.8 Å². The minimum Gasteiger partial charge on any atom is -0.376 e. The highest BCUT2D eigenvalue weighted by atomic mass is 16.5. The van der Waals surface area contributed by atoms with Gasteiger partial charge in [0.05, 0.1) is 18.7 Å². The summed E-state index contributed by atoms with van der Waals surface area (Å²) in [5.74, 6) is 0.792. The molecule has 1 amide bonds. The van der Waals surface area contributed by atoms with Gasteiger partial charge >= 0.3 is 0 Å². The van der Waals surface area contributed by atoms with Gasteiger partial charge in [-0.25, -0.2) is 0 Å². The zero-order valence-electron chi connectivity index (χ0n) is 10.2. The topological polar surface area (TPSA) is 50.4 Å². The number of carbonyl (C=O) groups excluding carboxylic acids is 1. The summed E-state index contributed by atoms with van der Waals surface area (Å²) in [7, 11) is 0. The Morgan fingerprint density at radius 2 is 2.12 bits per heavy atom. The molecule has 2 fully saturated rings. The molecule has 1 aliphatic carbocycles. The van der Waals surface area contributed by atoms with Crippen LogP contribution in [0.4, 0.5) is 0 Å². The van der Waals surface area contributed by atoms with E-state index in [2.05, 4.69) is 10.6 Å². The first-order valence-electron chi connectivity index (χ1n) is 6.31. The summed E-state index contributed by atoms with van der Waals surface area (Å²) in [4.78, 5) is 11.7. The predicted octanol–water partition coefficient (Wildman–Crippen LogP) is 0.668. The molecule has 92 valence electrons. The van der Waals surface area contributed by atoms with Gasteiger partial charge in [0.1, 0.15) is 0 Å². The monoisotopic (exact) mass is 226 g/mol. The highest BCUT2D eigenvalue weighted by molar-refractivity contribution is 5.78. The van der Waals surface area contributed by atoms with Crippen LogP contribution in [0.2, 0.25) is 0 Å². The molecule has 4 heteroatoms. The van der Waals surface area contributed by atoms with E-state index >= 15 is 0 Å². The first kappa shape index (κ1) is 11.9. The van der Waals surface area contributed by atoms with Crippen molar-refractivity contribution in [1.29, 1.82) is 0 Å². The van der Waals surface area contributed by atoms with Crippen molar-refractivity contribution in [3.8, 4) is 0 Å². The Morgan fingerprint density at radius 3 is 2.75 bits per heavy atom. The third kappa shape index (κ3) is 3.19. The number of hydrogen-bond acceptors (Lipinski definition) is 3. The van der Waals surface area contributed by atoms with E-state index in [1.54, 1.807) is 0 Å². The largest absolute Gasteiger partial charge is 0.376 e. The Labute approximate surface area is 97.1 Å². The average molecular weight is 226 g/mol. The summed E-state index contributed by atoms with van der Waals surface area (Å²) < 4.78 is 5.68. The van der Waals surface area contributed by atoms with E-state index in [1.165, 1.54) is 12.8 Å². The number of carbonyl (C=O) groups is 1. The van der Waals surface area contributed by atoms with Crippen molar-refractivity contribution in [3.63, 3.8) is 0 Å². The van der Waals surface area contributed by atoms with Gasteiger partial charge in [-0.05, 0) is 25.2 Å². The molecule has 2 unspecified atom stereocenters. The second kappa shape index (κ2) is 5.15. The van der Waals surface area contributed by atoms with Crippen molar-refractivity contribution in [2.24, 2.45) is 5.92 Å². The standard InChI is InChI=1S/C12H22N2O2/c1-8(2)13-7-11(15)14-10-5-6-16-12(10)9-3-4-9/h8-10,12-13H,3-7H2,1-2H3,(H,14,15). The maximum Gasteiger partial charge on any atom is 0.234 e. The lowest BCUT2D eigenvalue weighted by molar-refractivity contribution is -0.121. The predicted molar refractivity (Wildman–Crippen MR) is 62.2 cm³/mol. The molecule has 0 aromatic rings. The summed E-state index contributed by atoms with van der Waals surface area (Å²) >= 11 is 0. The molecule has 1 saturated heterocycles. The first-order chi connectivity index (χ1) is 7.66. The summed E-state index contributed by atoms with van der Waals surface area (Å²) in [6.45, 7) is 5.28. The van der Waals surface area contributed by atoms with Crippen LogP contribution in [0, 0.1) is 5.92 Å². The Kier molecular flexibility index (Phi) is 3.82. The quantitative estimate of drug-likeness (QED) is 0.724. The van der Waals surface area contributed by atoms with Crippen LogP contribution >= 0.6 is 0 Å². The van der Waals surface area contributed by atoms with E-state index in [4.69, 9.17) is 4.74 Å². The van der Waals surface area contributed by atoms with Crippen molar-refractivity contribution in [3.05, 3.63) is 0 Å². The van der Waals surface area contributed by atoms with Crippen LogP contribution in [-0.2, 0) is 9.53 Å². The Hall–Kier alpha value is -0.610. The number of amides is 1. The molecule has 2 N–H and O–H groups in total. The van der Waals surface area contributed by atoms with Gasteiger partial charge in [-0.3, -0.25) is 4.79 Å². The first-order valence-corrected chi connectivity index (χ1v) is 6.31. The lowest BCUT2D eigenvalue weighted by Crippen LogP contribution is -2.45. The van der Waals surface area contributed by atoms with E-state index in [0.717, 1.165) is 13.0 Å². The van der Waals surface area contributed by atoms with Crippen LogP contribution in [0.1, 0.15) is 33.1 Å². The summed E-state index contributed by atoms with van der Waals surface area (Å²) in [6, 6.07) is 0.596. The van der Waals surface area contributed by atoms with Crippen molar-refractivity contribution >= 4 is 5.91 Å². The van der Waals surface area contributed by atoms with Gasteiger partial charge < -0.3 is 15.4 Å². The molecular formula is C12H22N2O2. The zero-order chi connectivity index (χ0) is 11.5. The molecule has 0 bridgehead atoms. The fourth-order valence-electron chi connectivity index (χ4n) is 2.21. The third-order valence-electron chi connectivity index (χ3n) is 3.24. The molecule has 2 aliphatic rings. The molecule has 1 saturated carbocycles. The molecule has 0 spiro atoms. The number of nitrogens with one attached hydrogen (secondary N) is 2. The van der Waals surface area contributed by atoms with Gasteiger partial charge in [0.25, 0.3) is 0 Å². The molecule has 0 radical (unpaired) electrons. The van der Waals surface area contributed by atoms with Crippen LogP contribution in [-0.4, -0.2) is 37.2 Å². The van der Waals surface area contributed by atoms with Crippen molar-refractivity contribution in [2.75, 3.05) is 13.2 Å². The highest BCUT2D eigenvalue weighted by Crippen LogP contribution is 2.38. The maximum atomic E-state index is 11.7. The van der Waals surface area contributed by atoms with E-state index in [-0.39, 0.29) is 18.1 Å². The number of rotatable bonds is 5. The number of ether oxygens (including phenoxy) is 1. The van der Waals surface area contributed by atoms with Gasteiger partial charge in [-0.2, -0.15) is 0 Å². The molecule has 2 atom stereocenters. The van der Waals surface area contributed by atoms with Gasteiger partial charge in [0, 0.05) is 12.6 Å². The van der Waals surface area contributed by atoms with Crippen LogP contribution in [0.25, 0.3) is 0 Å². The van der Waals surface area contributed by atoms with Gasteiger partial charge in [-0.1, -0.05) is 13.8 Å². The molecule has 0 aromatic carbocycles. The van der Waals surface area contributed by atoms with Crippen molar-refractivity contribution < 1.29 is 9.53 Å². The normalized spacial score (nSPS) is 29.7. The molecule has 0 aromatic heterocycles. The second-order valence-corrected chi connectivity index (χ2v) is 5.17. The maximum absolute atomic E-state index is 11.7. The van der Waals surface area contributed by atoms with Crippen molar-refractivity contribution in [2.45, 2.75) is 51.3 Å². The Bertz CT molecular complexity index is 251. The van der Waals surface area contributed by atoms with E-state index < -0.39 is 0 Å². The van der Waals surface area contributed by atoms with Crippen LogP contribution < -0.4 is 10.6 Å². The Morgan fingerprint density at radius 1 is 1.38 bits per heavy atom. The highest BCUT2D eigenvalue weighted by Gasteiger charge is 2.41. The summed E-state index contributed by atoms with van der Waals surface area (Å²) in [5.41, 5.74) is 0. The zero-order valence-corrected chi connectivity index (χ0v) is 10.2. The van der Waals surface area contributed by atoms with E-state index in [0.29, 0.717) is 18.5 Å². The second-order valence-electron chi connectivity index (χ2n) is 5.17. The van der Waals surface area contributed by atoms with Gasteiger partial charge in [0.2, 0.25) is 5.91 Å². The summed E-state index contributed by atoms with van der Waals surface area (Å²) in [5, 5.41) is 6.21. The van der Waals surface area contributed by atoms with Gasteiger partial charge in [0.15, 0.2) is 0 Å². The van der Waals surface area contributed by atoms with Crippen LogP contribution in [0.15, 0.2) is 0 Å². The molecule has 1 aliphatic heterocycles. The third-order valence-corrected chi connectivity index (χ3v) is 3.24. The van der Waals surface area contributed by atoms with Crippen LogP contribution in [0.5, 0.6) is 0 Å². The van der Waals surface area contributed by atoms with Gasteiger partial charge in [-0.15, -0.1) is 0 Å². The molecule has 16 heavy (non-hydrogen) atoms. The molecule has 4 nitrogen and oxygen atoms in total. The fourth-order valence-corrected chi connectivity index (χ4v) is 2.21.